The molecule has 2 aromatic rings. The molecule has 1 aliphatic carbocycles. The summed E-state index contributed by atoms with van der Waals surface area (Å²) in [4.78, 5) is 12.6. The fourth-order valence-electron chi connectivity index (χ4n) is 2.88. The van der Waals surface area contributed by atoms with Gasteiger partial charge in [0.2, 0.25) is 11.0 Å². The molecule has 0 fully saturated rings. The van der Waals surface area contributed by atoms with Crippen LogP contribution in [0.4, 0.5) is 5.13 Å². The second-order valence-electron chi connectivity index (χ2n) is 5.82. The van der Waals surface area contributed by atoms with Gasteiger partial charge < -0.3 is 10.6 Å². The van der Waals surface area contributed by atoms with Crippen LogP contribution in [0, 0.1) is 0 Å². The first-order chi connectivity index (χ1) is 11.7. The summed E-state index contributed by atoms with van der Waals surface area (Å²) in [6.45, 7) is 4.76. The number of amides is 1. The third kappa shape index (κ3) is 4.08. The lowest BCUT2D eigenvalue weighted by molar-refractivity contribution is -0.121. The molecule has 2 N–H and O–H groups in total. The minimum Gasteiger partial charge on any atom is -0.360 e. The van der Waals surface area contributed by atoms with E-state index >= 15 is 0 Å². The number of benzene rings is 1. The predicted octanol–water partition coefficient (Wildman–Crippen LogP) is 3.64. The molecule has 0 radical (unpaired) electrons. The van der Waals surface area contributed by atoms with Gasteiger partial charge in [0, 0.05) is 6.54 Å². The lowest BCUT2D eigenvalue weighted by Gasteiger charge is -2.27. The molecule has 128 valence electrons. The molecule has 0 spiro atoms. The number of aryl methyl sites for hydroxylation is 1. The van der Waals surface area contributed by atoms with E-state index in [0.717, 1.165) is 35.3 Å². The van der Waals surface area contributed by atoms with Crippen molar-refractivity contribution in [3.63, 3.8) is 0 Å². The molecule has 3 rings (SSSR count). The van der Waals surface area contributed by atoms with Gasteiger partial charge in [-0.15, -0.1) is 10.2 Å². The van der Waals surface area contributed by atoms with Crippen LogP contribution in [0.2, 0.25) is 0 Å². The highest BCUT2D eigenvalue weighted by atomic mass is 32.2. The maximum absolute atomic E-state index is 12.6. The molecule has 7 heteroatoms. The number of hydrogen-bond donors (Lipinski definition) is 2. The van der Waals surface area contributed by atoms with Gasteiger partial charge in [0.25, 0.3) is 0 Å². The number of thioether (sulfide) groups is 1. The van der Waals surface area contributed by atoms with Crippen LogP contribution < -0.4 is 10.6 Å². The van der Waals surface area contributed by atoms with Crippen LogP contribution in [0.25, 0.3) is 0 Å². The molecule has 1 aromatic carbocycles. The topological polar surface area (TPSA) is 66.9 Å². The van der Waals surface area contributed by atoms with E-state index in [-0.39, 0.29) is 17.2 Å². The van der Waals surface area contributed by atoms with Crippen LogP contribution >= 0.6 is 23.1 Å². The van der Waals surface area contributed by atoms with Gasteiger partial charge in [-0.05, 0) is 44.2 Å². The highest BCUT2D eigenvalue weighted by Crippen LogP contribution is 2.32. The number of carbonyl (C=O) groups is 1. The van der Waals surface area contributed by atoms with E-state index in [1.54, 1.807) is 0 Å². The highest BCUT2D eigenvalue weighted by Gasteiger charge is 2.24. The molecule has 24 heavy (non-hydrogen) atoms. The van der Waals surface area contributed by atoms with E-state index in [1.165, 1.54) is 34.2 Å². The van der Waals surface area contributed by atoms with Crippen molar-refractivity contribution in [3.8, 4) is 0 Å². The Morgan fingerprint density at radius 2 is 2.25 bits per heavy atom. The minimum atomic E-state index is -0.193. The summed E-state index contributed by atoms with van der Waals surface area (Å²) in [5.74, 6) is 0.0573. The van der Waals surface area contributed by atoms with Crippen molar-refractivity contribution >= 4 is 34.1 Å². The molecule has 0 saturated carbocycles. The van der Waals surface area contributed by atoms with Crippen LogP contribution in [0.3, 0.4) is 0 Å². The fraction of sp³-hybridized carbons (Fsp3) is 0.471. The molecular weight excluding hydrogens is 340 g/mol. The average molecular weight is 363 g/mol. The first kappa shape index (κ1) is 17.2. The first-order valence-electron chi connectivity index (χ1n) is 8.29. The zero-order valence-corrected chi connectivity index (χ0v) is 15.5. The SMILES string of the molecule is CCNc1nnc(S[C@@H](C)C(=O)N[C@H]2CCCc3ccccc32)s1. The van der Waals surface area contributed by atoms with Crippen molar-refractivity contribution in [1.29, 1.82) is 0 Å². The number of hydrogen-bond acceptors (Lipinski definition) is 6. The Morgan fingerprint density at radius 1 is 1.42 bits per heavy atom. The first-order valence-corrected chi connectivity index (χ1v) is 9.99. The van der Waals surface area contributed by atoms with Crippen molar-refractivity contribution in [3.05, 3.63) is 35.4 Å². The zero-order valence-electron chi connectivity index (χ0n) is 13.9. The summed E-state index contributed by atoms with van der Waals surface area (Å²) in [5.41, 5.74) is 2.62. The van der Waals surface area contributed by atoms with E-state index < -0.39 is 0 Å². The van der Waals surface area contributed by atoms with Crippen molar-refractivity contribution in [1.82, 2.24) is 15.5 Å². The Hall–Kier alpha value is -1.60. The number of anilines is 1. The van der Waals surface area contributed by atoms with Crippen LogP contribution in [-0.2, 0) is 11.2 Å². The monoisotopic (exact) mass is 362 g/mol. The number of nitrogens with one attached hydrogen (secondary N) is 2. The summed E-state index contributed by atoms with van der Waals surface area (Å²) >= 11 is 2.95. The third-order valence-electron chi connectivity index (χ3n) is 4.07. The standard InChI is InChI=1S/C17H22N4OS2/c1-3-18-16-20-21-17(24-16)23-11(2)15(22)19-14-10-6-8-12-7-4-5-9-13(12)14/h4-5,7,9,11,14H,3,6,8,10H2,1-2H3,(H,18,20)(H,19,22)/t11-,14-/m0/s1. The maximum Gasteiger partial charge on any atom is 0.233 e. The van der Waals surface area contributed by atoms with Crippen molar-refractivity contribution in [2.45, 2.75) is 48.7 Å². The van der Waals surface area contributed by atoms with Gasteiger partial charge in [0.05, 0.1) is 11.3 Å². The van der Waals surface area contributed by atoms with Gasteiger partial charge >= 0.3 is 0 Å². The second kappa shape index (κ2) is 7.98. The number of carbonyl (C=O) groups excluding carboxylic acids is 1. The Kier molecular flexibility index (Phi) is 5.73. The molecule has 1 aliphatic rings. The normalized spacial score (nSPS) is 17.8. The molecule has 0 bridgehead atoms. The summed E-state index contributed by atoms with van der Waals surface area (Å²) in [6.07, 6.45) is 3.22. The molecule has 5 nitrogen and oxygen atoms in total. The van der Waals surface area contributed by atoms with E-state index in [0.29, 0.717) is 0 Å². The molecule has 0 aliphatic heterocycles. The van der Waals surface area contributed by atoms with E-state index in [1.807, 2.05) is 19.9 Å². The number of aromatic nitrogens is 2. The Morgan fingerprint density at radius 3 is 3.08 bits per heavy atom. The van der Waals surface area contributed by atoms with Gasteiger partial charge in [-0.2, -0.15) is 0 Å². The molecule has 2 atom stereocenters. The molecular formula is C17H22N4OS2. The van der Waals surface area contributed by atoms with Crippen molar-refractivity contribution < 1.29 is 4.79 Å². The van der Waals surface area contributed by atoms with E-state index in [4.69, 9.17) is 0 Å². The van der Waals surface area contributed by atoms with Gasteiger partial charge in [0.1, 0.15) is 0 Å². The molecule has 0 unspecified atom stereocenters. The maximum atomic E-state index is 12.6. The van der Waals surface area contributed by atoms with E-state index in [2.05, 4.69) is 39.0 Å². The van der Waals surface area contributed by atoms with Gasteiger partial charge in [-0.25, -0.2) is 0 Å². The van der Waals surface area contributed by atoms with Crippen LogP contribution in [0.1, 0.15) is 43.9 Å². The van der Waals surface area contributed by atoms with Gasteiger partial charge in [-0.3, -0.25) is 4.79 Å². The van der Waals surface area contributed by atoms with E-state index in [9.17, 15) is 4.79 Å². The lowest BCUT2D eigenvalue weighted by Crippen LogP contribution is -2.35. The molecule has 1 amide bonds. The average Bonchev–Trinajstić information content (AvgIpc) is 3.02. The highest BCUT2D eigenvalue weighted by molar-refractivity contribution is 8.02. The number of rotatable bonds is 6. The molecule has 1 aromatic heterocycles. The smallest absolute Gasteiger partial charge is 0.233 e. The summed E-state index contributed by atoms with van der Waals surface area (Å²) in [6, 6.07) is 8.53. The number of fused-ring (bicyclic) bond motifs is 1. The van der Waals surface area contributed by atoms with Crippen LogP contribution in [-0.4, -0.2) is 27.9 Å². The Labute approximate surface area is 150 Å². The van der Waals surface area contributed by atoms with Crippen LogP contribution in [0.5, 0.6) is 0 Å². The predicted molar refractivity (Wildman–Crippen MR) is 99.7 cm³/mol. The van der Waals surface area contributed by atoms with Crippen LogP contribution in [0.15, 0.2) is 28.6 Å². The van der Waals surface area contributed by atoms with Crippen molar-refractivity contribution in [2.24, 2.45) is 0 Å². The molecule has 1 heterocycles. The quantitative estimate of drug-likeness (QED) is 0.768. The fourth-order valence-corrected chi connectivity index (χ4v) is 4.85. The largest absolute Gasteiger partial charge is 0.360 e. The zero-order chi connectivity index (χ0) is 16.9. The third-order valence-corrected chi connectivity index (χ3v) is 6.13. The van der Waals surface area contributed by atoms with Gasteiger partial charge in [0.15, 0.2) is 4.34 Å². The van der Waals surface area contributed by atoms with Crippen molar-refractivity contribution in [2.75, 3.05) is 11.9 Å². The minimum absolute atomic E-state index is 0.0573. The summed E-state index contributed by atoms with van der Waals surface area (Å²) in [7, 11) is 0. The Bertz CT molecular complexity index is 703. The summed E-state index contributed by atoms with van der Waals surface area (Å²) in [5, 5.41) is 15.2. The lowest BCUT2D eigenvalue weighted by atomic mass is 9.88. The number of nitrogens with zero attached hydrogens (tertiary/aromatic N) is 2. The van der Waals surface area contributed by atoms with Gasteiger partial charge in [-0.1, -0.05) is 47.4 Å². The second-order valence-corrected chi connectivity index (χ2v) is 8.38. The Balaban J connectivity index is 1.60. The summed E-state index contributed by atoms with van der Waals surface area (Å²) < 4.78 is 0.817. The molecule has 0 saturated heterocycles.